The zero-order valence-corrected chi connectivity index (χ0v) is 10.5. The number of alkyl halides is 1. The summed E-state index contributed by atoms with van der Waals surface area (Å²) in [4.78, 5) is 24.3. The third-order valence-electron chi connectivity index (χ3n) is 3.08. The van der Waals surface area contributed by atoms with Gasteiger partial charge in [-0.05, 0) is 18.6 Å². The first-order chi connectivity index (χ1) is 9.06. The molecule has 100 valence electrons. The van der Waals surface area contributed by atoms with Crippen LogP contribution in [0.4, 0.5) is 9.18 Å². The van der Waals surface area contributed by atoms with Gasteiger partial charge in [0.2, 0.25) is 0 Å². The van der Waals surface area contributed by atoms with Crippen LogP contribution in [0.3, 0.4) is 0 Å². The van der Waals surface area contributed by atoms with E-state index in [2.05, 4.69) is 6.58 Å². The average Bonchev–Trinajstić information content (AvgIpc) is 2.73. The maximum absolute atomic E-state index is 13.3. The van der Waals surface area contributed by atoms with Crippen molar-refractivity contribution in [2.24, 2.45) is 0 Å². The van der Waals surface area contributed by atoms with E-state index in [9.17, 15) is 14.0 Å². The normalized spacial score (nSPS) is 23.9. The van der Waals surface area contributed by atoms with Gasteiger partial charge in [-0.3, -0.25) is 4.79 Å². The van der Waals surface area contributed by atoms with E-state index >= 15 is 0 Å². The van der Waals surface area contributed by atoms with Crippen LogP contribution in [0, 0.1) is 0 Å². The van der Waals surface area contributed by atoms with E-state index in [1.165, 1.54) is 0 Å². The van der Waals surface area contributed by atoms with E-state index in [0.29, 0.717) is 0 Å². The number of benzene rings is 1. The lowest BCUT2D eigenvalue weighted by atomic mass is 10.0. The van der Waals surface area contributed by atoms with Crippen LogP contribution in [0.1, 0.15) is 18.6 Å². The van der Waals surface area contributed by atoms with Crippen molar-refractivity contribution in [3.05, 3.63) is 48.6 Å². The molecule has 5 heteroatoms. The number of carbonyl (C=O) groups is 2. The van der Waals surface area contributed by atoms with Gasteiger partial charge in [0.1, 0.15) is 6.10 Å². The van der Waals surface area contributed by atoms with Crippen LogP contribution in [-0.4, -0.2) is 29.1 Å². The highest BCUT2D eigenvalue weighted by Crippen LogP contribution is 2.32. The minimum Gasteiger partial charge on any atom is -0.439 e. The molecule has 1 saturated heterocycles. The first-order valence-corrected chi connectivity index (χ1v) is 5.91. The summed E-state index contributed by atoms with van der Waals surface area (Å²) < 4.78 is 18.5. The predicted octanol–water partition coefficient (Wildman–Crippen LogP) is 2.62. The fourth-order valence-corrected chi connectivity index (χ4v) is 2.08. The molecule has 1 aromatic rings. The van der Waals surface area contributed by atoms with Crippen molar-refractivity contribution < 1.29 is 18.7 Å². The molecule has 3 atom stereocenters. The quantitative estimate of drug-likeness (QED) is 0.787. The zero-order valence-electron chi connectivity index (χ0n) is 10.5. The molecule has 4 nitrogen and oxygen atoms in total. The highest BCUT2D eigenvalue weighted by atomic mass is 19.1. The number of nitrogens with zero attached hydrogens (tertiary/aromatic N) is 1. The van der Waals surface area contributed by atoms with Crippen molar-refractivity contribution in [3.8, 4) is 0 Å². The second-order valence-corrected chi connectivity index (χ2v) is 4.30. The Morgan fingerprint density at radius 3 is 2.68 bits per heavy atom. The van der Waals surface area contributed by atoms with E-state index in [4.69, 9.17) is 4.74 Å². The predicted molar refractivity (Wildman–Crippen MR) is 67.1 cm³/mol. The fraction of sp³-hybridized carbons (Fsp3) is 0.286. The van der Waals surface area contributed by atoms with Gasteiger partial charge in [0, 0.05) is 0 Å². The summed E-state index contributed by atoms with van der Waals surface area (Å²) in [5.41, 5.74) is 0.771. The number of halogens is 1. The molecule has 1 heterocycles. The standard InChI is InChI=1S/C14H14FNO3/c1-3-11(15)13(17)16-9(2)12(19-14(16)18)10-7-5-4-6-8-10/h3-9,11-12H,1H2,2H3/t9-,11?,12-/m1/s1. The van der Waals surface area contributed by atoms with Crippen LogP contribution >= 0.6 is 0 Å². The van der Waals surface area contributed by atoms with Gasteiger partial charge in [-0.25, -0.2) is 14.1 Å². The monoisotopic (exact) mass is 263 g/mol. The van der Waals surface area contributed by atoms with Crippen molar-refractivity contribution in [2.75, 3.05) is 0 Å². The first-order valence-electron chi connectivity index (χ1n) is 5.91. The van der Waals surface area contributed by atoms with E-state index in [1.807, 2.05) is 18.2 Å². The molecule has 0 saturated carbocycles. The minimum atomic E-state index is -1.90. The Kier molecular flexibility index (Phi) is 3.64. The Labute approximate surface area is 110 Å². The van der Waals surface area contributed by atoms with Gasteiger partial charge in [0.25, 0.3) is 5.91 Å². The van der Waals surface area contributed by atoms with Crippen LogP contribution in [0.2, 0.25) is 0 Å². The van der Waals surface area contributed by atoms with Crippen molar-refractivity contribution in [3.63, 3.8) is 0 Å². The number of rotatable bonds is 3. The largest absolute Gasteiger partial charge is 0.439 e. The molecule has 1 aliphatic heterocycles. The highest BCUT2D eigenvalue weighted by Gasteiger charge is 2.44. The summed E-state index contributed by atoms with van der Waals surface area (Å²) in [6.45, 7) is 4.85. The molecule has 1 aromatic carbocycles. The third-order valence-corrected chi connectivity index (χ3v) is 3.08. The Morgan fingerprint density at radius 2 is 2.11 bits per heavy atom. The molecule has 0 radical (unpaired) electrons. The third kappa shape index (κ3) is 2.36. The van der Waals surface area contributed by atoms with Gasteiger partial charge in [0.15, 0.2) is 6.17 Å². The second-order valence-electron chi connectivity index (χ2n) is 4.30. The molecular weight excluding hydrogens is 249 g/mol. The molecule has 0 aliphatic carbocycles. The van der Waals surface area contributed by atoms with Gasteiger partial charge < -0.3 is 4.74 Å². The van der Waals surface area contributed by atoms with Crippen LogP contribution in [0.5, 0.6) is 0 Å². The Hall–Kier alpha value is -2.17. The van der Waals surface area contributed by atoms with Gasteiger partial charge in [-0.2, -0.15) is 0 Å². The molecule has 1 fully saturated rings. The van der Waals surface area contributed by atoms with Crippen molar-refractivity contribution in [2.45, 2.75) is 25.2 Å². The van der Waals surface area contributed by atoms with E-state index in [-0.39, 0.29) is 0 Å². The molecule has 1 unspecified atom stereocenters. The molecule has 19 heavy (non-hydrogen) atoms. The topological polar surface area (TPSA) is 46.6 Å². The molecule has 0 bridgehead atoms. The van der Waals surface area contributed by atoms with Crippen molar-refractivity contribution >= 4 is 12.0 Å². The smallest absolute Gasteiger partial charge is 0.417 e. The molecule has 1 aliphatic rings. The highest BCUT2D eigenvalue weighted by molar-refractivity contribution is 5.97. The number of imide groups is 1. The Bertz CT molecular complexity index is 503. The summed E-state index contributed by atoms with van der Waals surface area (Å²) in [6.07, 6.45) is -2.44. The van der Waals surface area contributed by atoms with E-state index in [1.54, 1.807) is 19.1 Å². The SMILES string of the molecule is C=CC(F)C(=O)N1C(=O)O[C@@H](c2ccccc2)[C@H]1C. The van der Waals surface area contributed by atoms with E-state index in [0.717, 1.165) is 16.5 Å². The number of ether oxygens (including phenoxy) is 1. The average molecular weight is 263 g/mol. The number of hydrogen-bond acceptors (Lipinski definition) is 3. The zero-order chi connectivity index (χ0) is 14.0. The van der Waals surface area contributed by atoms with Gasteiger partial charge >= 0.3 is 6.09 Å². The van der Waals surface area contributed by atoms with Crippen LogP contribution in [-0.2, 0) is 9.53 Å². The summed E-state index contributed by atoms with van der Waals surface area (Å²) in [5.74, 6) is -0.939. The number of amides is 2. The first kappa shape index (κ1) is 13.3. The molecule has 0 N–H and O–H groups in total. The molecule has 2 rings (SSSR count). The van der Waals surface area contributed by atoms with Crippen molar-refractivity contribution in [1.82, 2.24) is 4.90 Å². The molecule has 0 aromatic heterocycles. The lowest BCUT2D eigenvalue weighted by Crippen LogP contribution is -2.41. The maximum Gasteiger partial charge on any atom is 0.417 e. The Morgan fingerprint density at radius 1 is 1.47 bits per heavy atom. The molecule has 2 amide bonds. The van der Waals surface area contributed by atoms with Gasteiger partial charge in [-0.15, -0.1) is 0 Å². The number of carbonyl (C=O) groups excluding carboxylic acids is 2. The summed E-state index contributed by atoms with van der Waals surface area (Å²) >= 11 is 0. The summed E-state index contributed by atoms with van der Waals surface area (Å²) in [7, 11) is 0. The Balaban J connectivity index is 2.24. The van der Waals surface area contributed by atoms with Gasteiger partial charge in [-0.1, -0.05) is 36.9 Å². The fourth-order valence-electron chi connectivity index (χ4n) is 2.08. The lowest BCUT2D eigenvalue weighted by molar-refractivity contribution is -0.132. The summed E-state index contributed by atoms with van der Waals surface area (Å²) in [6, 6.07) is 8.49. The maximum atomic E-state index is 13.3. The van der Waals surface area contributed by atoms with Crippen molar-refractivity contribution in [1.29, 1.82) is 0 Å². The second kappa shape index (κ2) is 5.22. The lowest BCUT2D eigenvalue weighted by Gasteiger charge is -2.19. The number of hydrogen-bond donors (Lipinski definition) is 0. The number of cyclic esters (lactones) is 1. The molecular formula is C14H14FNO3. The van der Waals surface area contributed by atoms with Crippen LogP contribution in [0.25, 0.3) is 0 Å². The van der Waals surface area contributed by atoms with Gasteiger partial charge in [0.05, 0.1) is 6.04 Å². The van der Waals surface area contributed by atoms with E-state index < -0.39 is 30.3 Å². The van der Waals surface area contributed by atoms with Crippen LogP contribution in [0.15, 0.2) is 43.0 Å². The summed E-state index contributed by atoms with van der Waals surface area (Å²) in [5, 5.41) is 0. The minimum absolute atomic E-state index is 0.555. The molecule has 0 spiro atoms. The van der Waals surface area contributed by atoms with Crippen LogP contribution < -0.4 is 0 Å².